The van der Waals surface area contributed by atoms with Gasteiger partial charge in [0, 0.05) is 12.3 Å². The molecule has 0 fully saturated rings. The molecule has 18 heavy (non-hydrogen) atoms. The molecule has 0 aliphatic carbocycles. The van der Waals surface area contributed by atoms with Crippen LogP contribution in [-0.4, -0.2) is 27.5 Å². The number of nitrogens with zero attached hydrogens (tertiary/aromatic N) is 2. The van der Waals surface area contributed by atoms with Gasteiger partial charge in [-0.25, -0.2) is 9.48 Å². The minimum Gasteiger partial charge on any atom is -0.492 e. The Balaban J connectivity index is 2.49. The van der Waals surface area contributed by atoms with Crippen molar-refractivity contribution in [2.45, 2.75) is 6.92 Å². The summed E-state index contributed by atoms with van der Waals surface area (Å²) in [5, 5.41) is 12.5. The number of aromatic nitrogens is 2. The van der Waals surface area contributed by atoms with E-state index in [4.69, 9.17) is 9.84 Å². The lowest BCUT2D eigenvalue weighted by molar-refractivity contribution is 0.0696. The van der Waals surface area contributed by atoms with E-state index < -0.39 is 11.9 Å². The summed E-state index contributed by atoms with van der Waals surface area (Å²) in [5.41, 5.74) is 0.598. The number of halogens is 1. The highest BCUT2D eigenvalue weighted by atomic mass is 19.1. The highest BCUT2D eigenvalue weighted by molar-refractivity contribution is 5.88. The molecule has 0 aliphatic rings. The molecule has 0 saturated carbocycles. The van der Waals surface area contributed by atoms with Gasteiger partial charge in [0.1, 0.15) is 11.4 Å². The van der Waals surface area contributed by atoms with Crippen molar-refractivity contribution in [1.82, 2.24) is 9.78 Å². The van der Waals surface area contributed by atoms with E-state index in [9.17, 15) is 9.18 Å². The smallest absolute Gasteiger partial charge is 0.335 e. The van der Waals surface area contributed by atoms with Crippen LogP contribution in [0.15, 0.2) is 30.5 Å². The summed E-state index contributed by atoms with van der Waals surface area (Å²) in [4.78, 5) is 10.9. The first-order valence-electron chi connectivity index (χ1n) is 5.33. The molecular weight excluding hydrogens is 239 g/mol. The Kier molecular flexibility index (Phi) is 3.27. The number of benzene rings is 1. The maximum absolute atomic E-state index is 12.9. The molecule has 0 unspecified atom stereocenters. The van der Waals surface area contributed by atoms with Gasteiger partial charge in [-0.2, -0.15) is 4.39 Å². The number of rotatable bonds is 4. The van der Waals surface area contributed by atoms with E-state index in [1.54, 1.807) is 6.92 Å². The maximum Gasteiger partial charge on any atom is 0.335 e. The number of carboxylic acid groups (broad SMARTS) is 1. The molecule has 1 N–H and O–H groups in total. The van der Waals surface area contributed by atoms with Crippen LogP contribution in [0.3, 0.4) is 0 Å². The lowest BCUT2D eigenvalue weighted by Crippen LogP contribution is -2.04. The molecule has 2 rings (SSSR count). The van der Waals surface area contributed by atoms with E-state index in [2.05, 4.69) is 5.10 Å². The normalized spacial score (nSPS) is 10.3. The van der Waals surface area contributed by atoms with E-state index >= 15 is 0 Å². The zero-order valence-electron chi connectivity index (χ0n) is 9.63. The third-order valence-corrected chi connectivity index (χ3v) is 2.31. The van der Waals surface area contributed by atoms with Crippen molar-refractivity contribution in [2.75, 3.05) is 6.61 Å². The predicted molar refractivity (Wildman–Crippen MR) is 61.7 cm³/mol. The monoisotopic (exact) mass is 250 g/mol. The highest BCUT2D eigenvalue weighted by Gasteiger charge is 2.11. The second-order valence-electron chi connectivity index (χ2n) is 3.50. The van der Waals surface area contributed by atoms with Gasteiger partial charge in [-0.1, -0.05) is 0 Å². The Bertz CT molecular complexity index is 580. The van der Waals surface area contributed by atoms with E-state index in [0.29, 0.717) is 18.0 Å². The van der Waals surface area contributed by atoms with Crippen LogP contribution < -0.4 is 4.74 Å². The molecule has 1 aromatic carbocycles. The molecule has 0 saturated heterocycles. The van der Waals surface area contributed by atoms with Crippen molar-refractivity contribution in [1.29, 1.82) is 0 Å². The largest absolute Gasteiger partial charge is 0.492 e. The fourth-order valence-electron chi connectivity index (χ4n) is 1.54. The fraction of sp³-hybridized carbons (Fsp3) is 0.167. The van der Waals surface area contributed by atoms with Crippen LogP contribution in [-0.2, 0) is 0 Å². The molecular formula is C12H11FN2O3. The molecule has 0 atom stereocenters. The van der Waals surface area contributed by atoms with Crippen LogP contribution in [0.4, 0.5) is 4.39 Å². The average molecular weight is 250 g/mol. The van der Waals surface area contributed by atoms with Crippen molar-refractivity contribution in [3.8, 4) is 11.4 Å². The third-order valence-electron chi connectivity index (χ3n) is 2.31. The molecule has 0 spiro atoms. The van der Waals surface area contributed by atoms with Gasteiger partial charge in [0.25, 0.3) is 0 Å². The van der Waals surface area contributed by atoms with Crippen LogP contribution in [0.5, 0.6) is 5.75 Å². The quantitative estimate of drug-likeness (QED) is 0.902. The second-order valence-corrected chi connectivity index (χ2v) is 3.50. The van der Waals surface area contributed by atoms with Gasteiger partial charge in [0.05, 0.1) is 12.2 Å². The summed E-state index contributed by atoms with van der Waals surface area (Å²) in [6, 6.07) is 5.54. The molecule has 0 aliphatic heterocycles. The Morgan fingerprint density at radius 3 is 2.83 bits per heavy atom. The Labute approximate surface area is 102 Å². The summed E-state index contributed by atoms with van der Waals surface area (Å²) in [5.74, 6) is -1.31. The van der Waals surface area contributed by atoms with Crippen molar-refractivity contribution in [3.05, 3.63) is 42.0 Å². The number of hydrogen-bond donors (Lipinski definition) is 1. The molecule has 1 aromatic heterocycles. The maximum atomic E-state index is 12.9. The average Bonchev–Trinajstić information content (AvgIpc) is 2.76. The van der Waals surface area contributed by atoms with Gasteiger partial charge >= 0.3 is 5.97 Å². The number of carboxylic acids is 1. The zero-order chi connectivity index (χ0) is 13.1. The summed E-state index contributed by atoms with van der Waals surface area (Å²) in [6.45, 7) is 2.15. The van der Waals surface area contributed by atoms with Crippen molar-refractivity contribution < 1.29 is 19.0 Å². The minimum atomic E-state index is -1.05. The Morgan fingerprint density at radius 1 is 1.50 bits per heavy atom. The third kappa shape index (κ3) is 2.32. The van der Waals surface area contributed by atoms with Crippen LogP contribution in [0.2, 0.25) is 0 Å². The van der Waals surface area contributed by atoms with Crippen LogP contribution in [0.25, 0.3) is 5.69 Å². The van der Waals surface area contributed by atoms with E-state index in [-0.39, 0.29) is 5.56 Å². The standard InChI is InChI=1S/C12H11FN2O3/c1-2-18-10-7-8(12(16)17)3-4-9(10)15-6-5-11(13)14-15/h3-7H,2H2,1H3,(H,16,17). The van der Waals surface area contributed by atoms with Crippen LogP contribution in [0, 0.1) is 5.95 Å². The summed E-state index contributed by atoms with van der Waals surface area (Å²) < 4.78 is 19.5. The molecule has 6 heteroatoms. The topological polar surface area (TPSA) is 64.3 Å². The Morgan fingerprint density at radius 2 is 2.28 bits per heavy atom. The van der Waals surface area contributed by atoms with Gasteiger partial charge in [0.15, 0.2) is 0 Å². The van der Waals surface area contributed by atoms with E-state index in [1.165, 1.54) is 35.1 Å². The van der Waals surface area contributed by atoms with E-state index in [1.807, 2.05) is 0 Å². The first kappa shape index (κ1) is 12.1. The summed E-state index contributed by atoms with van der Waals surface area (Å²) in [6.07, 6.45) is 1.44. The molecule has 0 amide bonds. The van der Waals surface area contributed by atoms with Gasteiger partial charge in [0.2, 0.25) is 5.95 Å². The highest BCUT2D eigenvalue weighted by Crippen LogP contribution is 2.24. The van der Waals surface area contributed by atoms with Crippen molar-refractivity contribution >= 4 is 5.97 Å². The zero-order valence-corrected chi connectivity index (χ0v) is 9.63. The summed E-state index contributed by atoms with van der Waals surface area (Å²) in [7, 11) is 0. The molecule has 94 valence electrons. The van der Waals surface area contributed by atoms with Crippen molar-refractivity contribution in [2.24, 2.45) is 0 Å². The second kappa shape index (κ2) is 4.87. The predicted octanol–water partition coefficient (Wildman–Crippen LogP) is 2.11. The number of ether oxygens (including phenoxy) is 1. The van der Waals surface area contributed by atoms with Crippen LogP contribution >= 0.6 is 0 Å². The minimum absolute atomic E-state index is 0.106. The number of aromatic carboxylic acids is 1. The Hall–Kier alpha value is -2.37. The van der Waals surface area contributed by atoms with Gasteiger partial charge in [-0.15, -0.1) is 5.10 Å². The molecule has 0 radical (unpaired) electrons. The molecule has 2 aromatic rings. The molecule has 0 bridgehead atoms. The lowest BCUT2D eigenvalue weighted by atomic mass is 10.2. The summed E-state index contributed by atoms with van der Waals surface area (Å²) >= 11 is 0. The van der Waals surface area contributed by atoms with Gasteiger partial charge < -0.3 is 9.84 Å². The lowest BCUT2D eigenvalue weighted by Gasteiger charge is -2.10. The van der Waals surface area contributed by atoms with Crippen molar-refractivity contribution in [3.63, 3.8) is 0 Å². The number of carbonyl (C=O) groups is 1. The SMILES string of the molecule is CCOc1cc(C(=O)O)ccc1-n1ccc(F)n1. The first-order valence-corrected chi connectivity index (χ1v) is 5.33. The fourth-order valence-corrected chi connectivity index (χ4v) is 1.54. The van der Waals surface area contributed by atoms with Crippen LogP contribution in [0.1, 0.15) is 17.3 Å². The van der Waals surface area contributed by atoms with Gasteiger partial charge in [-0.3, -0.25) is 0 Å². The molecule has 1 heterocycles. The molecule has 5 nitrogen and oxygen atoms in total. The van der Waals surface area contributed by atoms with E-state index in [0.717, 1.165) is 0 Å². The number of hydrogen-bond acceptors (Lipinski definition) is 3. The first-order chi connectivity index (χ1) is 8.61. The van der Waals surface area contributed by atoms with Gasteiger partial charge in [-0.05, 0) is 25.1 Å².